The molecule has 0 aromatic heterocycles. The zero-order valence-electron chi connectivity index (χ0n) is 16.8. The molecule has 0 saturated heterocycles. The van der Waals surface area contributed by atoms with E-state index in [2.05, 4.69) is 4.74 Å². The van der Waals surface area contributed by atoms with Crippen molar-refractivity contribution in [1.29, 1.82) is 0 Å². The zero-order chi connectivity index (χ0) is 24.4. The first-order valence-electron chi connectivity index (χ1n) is 9.07. The van der Waals surface area contributed by atoms with Gasteiger partial charge in [-0.3, -0.25) is 19.2 Å². The second-order valence-electron chi connectivity index (χ2n) is 7.09. The molecule has 2 atom stereocenters. The van der Waals surface area contributed by atoms with E-state index in [-0.39, 0.29) is 12.8 Å². The number of hydrogen-bond donors (Lipinski definition) is 0. The summed E-state index contributed by atoms with van der Waals surface area (Å²) in [5.74, 6) is -5.43. The number of ether oxygens (including phenoxy) is 2. The lowest BCUT2D eigenvalue weighted by atomic mass is 9.80. The van der Waals surface area contributed by atoms with Gasteiger partial charge in [0.2, 0.25) is 0 Å². The quantitative estimate of drug-likeness (QED) is 0.319. The Morgan fingerprint density at radius 1 is 1.22 bits per heavy atom. The fourth-order valence-electron chi connectivity index (χ4n) is 3.20. The third kappa shape index (κ3) is 6.14. The van der Waals surface area contributed by atoms with E-state index in [1.54, 1.807) is 0 Å². The average Bonchev–Trinajstić information content (AvgIpc) is 2.63. The topological polar surface area (TPSA) is 121 Å². The van der Waals surface area contributed by atoms with Crippen molar-refractivity contribution in [2.45, 2.75) is 43.5 Å². The summed E-state index contributed by atoms with van der Waals surface area (Å²) < 4.78 is 70.6. The van der Waals surface area contributed by atoms with Crippen LogP contribution in [0.1, 0.15) is 35.7 Å². The number of hydrogen-bond acceptors (Lipinski definition) is 8. The number of rotatable bonds is 7. The van der Waals surface area contributed by atoms with Crippen LogP contribution in [0.15, 0.2) is 17.0 Å². The molecule has 1 aliphatic carbocycles. The molecule has 2 unspecified atom stereocenters. The maximum Gasteiger partial charge on any atom is 0.411 e. The molecule has 2 rings (SSSR count). The number of esters is 1. The number of benzene rings is 1. The number of carbonyl (C=O) groups excluding carboxylic acids is 4. The second-order valence-corrected chi connectivity index (χ2v) is 9.45. The average molecular weight is 499 g/mol. The number of alkyl halides is 3. The second kappa shape index (κ2) is 9.67. The van der Waals surface area contributed by atoms with E-state index in [9.17, 15) is 40.8 Å². The lowest BCUT2D eigenvalue weighted by molar-refractivity contribution is -0.176. The van der Waals surface area contributed by atoms with Crippen molar-refractivity contribution >= 4 is 44.8 Å². The minimum absolute atomic E-state index is 0.0989. The number of Topliss-reactive ketones (excluding diaryl/α,β-unsaturated/α-hetero) is 3. The van der Waals surface area contributed by atoms with Crippen LogP contribution in [0.3, 0.4) is 0 Å². The number of carbonyl (C=O) groups is 4. The summed E-state index contributed by atoms with van der Waals surface area (Å²) in [5, 5.41) is -0.560. The molecule has 0 heterocycles. The highest BCUT2D eigenvalue weighted by molar-refractivity contribution is 7.90. The molecule has 176 valence electrons. The van der Waals surface area contributed by atoms with Crippen LogP contribution in [0, 0.1) is 5.92 Å². The van der Waals surface area contributed by atoms with Gasteiger partial charge in [-0.25, -0.2) is 8.42 Å². The lowest BCUT2D eigenvalue weighted by Crippen LogP contribution is -2.45. The molecular formula is C19H18ClF3O8S. The van der Waals surface area contributed by atoms with Crippen molar-refractivity contribution in [3.8, 4) is 0 Å². The summed E-state index contributed by atoms with van der Waals surface area (Å²) in [5.41, 5.74) is -0.864. The van der Waals surface area contributed by atoms with Gasteiger partial charge in [0.05, 0.1) is 16.5 Å². The van der Waals surface area contributed by atoms with Crippen LogP contribution in [0.5, 0.6) is 0 Å². The molecule has 32 heavy (non-hydrogen) atoms. The van der Waals surface area contributed by atoms with Crippen LogP contribution >= 0.6 is 11.6 Å². The summed E-state index contributed by atoms with van der Waals surface area (Å²) >= 11 is 6.15. The van der Waals surface area contributed by atoms with Crippen LogP contribution in [-0.2, 0) is 40.3 Å². The zero-order valence-corrected chi connectivity index (χ0v) is 18.4. The van der Waals surface area contributed by atoms with E-state index in [0.717, 1.165) is 25.3 Å². The Balaban J connectivity index is 2.46. The lowest BCUT2D eigenvalue weighted by Gasteiger charge is -2.26. The molecule has 0 N–H and O–H groups in total. The molecular weight excluding hydrogens is 481 g/mol. The van der Waals surface area contributed by atoms with Crippen LogP contribution < -0.4 is 0 Å². The van der Waals surface area contributed by atoms with Crippen molar-refractivity contribution < 1.29 is 50.2 Å². The van der Waals surface area contributed by atoms with Crippen LogP contribution in [0.4, 0.5) is 13.2 Å². The highest BCUT2D eigenvalue weighted by Crippen LogP contribution is 2.33. The molecule has 0 bridgehead atoms. The predicted octanol–water partition coefficient (Wildman–Crippen LogP) is 2.49. The maximum atomic E-state index is 13.0. The molecule has 0 amide bonds. The normalized spacial score (nSPS) is 19.7. The van der Waals surface area contributed by atoms with Crippen molar-refractivity contribution in [2.24, 2.45) is 5.92 Å². The smallest absolute Gasteiger partial charge is 0.411 e. The number of sulfone groups is 1. The Bertz CT molecular complexity index is 1070. The molecule has 1 fully saturated rings. The van der Waals surface area contributed by atoms with Crippen molar-refractivity contribution in [1.82, 2.24) is 0 Å². The highest BCUT2D eigenvalue weighted by Gasteiger charge is 2.44. The Kier molecular flexibility index (Phi) is 7.84. The van der Waals surface area contributed by atoms with E-state index in [4.69, 9.17) is 16.3 Å². The highest BCUT2D eigenvalue weighted by atomic mass is 35.5. The summed E-state index contributed by atoms with van der Waals surface area (Å²) in [6.07, 6.45) is -5.56. The summed E-state index contributed by atoms with van der Waals surface area (Å²) in [4.78, 5) is 48.5. The van der Waals surface area contributed by atoms with Crippen LogP contribution in [-0.4, -0.2) is 56.9 Å². The van der Waals surface area contributed by atoms with Gasteiger partial charge in [-0.2, -0.15) is 13.2 Å². The molecule has 0 spiro atoms. The van der Waals surface area contributed by atoms with Gasteiger partial charge < -0.3 is 9.47 Å². The summed E-state index contributed by atoms with van der Waals surface area (Å²) in [6.45, 7) is -1.55. The predicted molar refractivity (Wildman–Crippen MR) is 103 cm³/mol. The van der Waals surface area contributed by atoms with E-state index in [0.29, 0.717) is 0 Å². The van der Waals surface area contributed by atoms with E-state index < -0.39 is 85.6 Å². The third-order valence-electron chi connectivity index (χ3n) is 4.52. The first kappa shape index (κ1) is 25.9. The molecule has 0 aliphatic heterocycles. The van der Waals surface area contributed by atoms with Crippen molar-refractivity contribution in [2.75, 3.05) is 12.9 Å². The molecule has 1 aromatic carbocycles. The van der Waals surface area contributed by atoms with Gasteiger partial charge in [0, 0.05) is 30.7 Å². The Morgan fingerprint density at radius 2 is 1.84 bits per heavy atom. The fraction of sp³-hybridized carbons (Fsp3) is 0.474. The largest absolute Gasteiger partial charge is 0.454 e. The SMILES string of the molecule is CC(=O)OC1CCC(=O)C(C(=O)c2ccc(S(C)(=O)=O)c(COCC(F)(F)F)c2Cl)C1=O. The van der Waals surface area contributed by atoms with Gasteiger partial charge in [0.25, 0.3) is 0 Å². The molecule has 1 saturated carbocycles. The minimum Gasteiger partial charge on any atom is -0.454 e. The summed E-state index contributed by atoms with van der Waals surface area (Å²) in [7, 11) is -3.98. The molecule has 0 radical (unpaired) electrons. The van der Waals surface area contributed by atoms with E-state index in [1.165, 1.54) is 0 Å². The maximum absolute atomic E-state index is 13.0. The van der Waals surface area contributed by atoms with Crippen LogP contribution in [0.2, 0.25) is 5.02 Å². The third-order valence-corrected chi connectivity index (χ3v) is 6.14. The molecule has 1 aliphatic rings. The molecule has 1 aromatic rings. The van der Waals surface area contributed by atoms with Crippen LogP contribution in [0.25, 0.3) is 0 Å². The first-order chi connectivity index (χ1) is 14.6. The monoisotopic (exact) mass is 498 g/mol. The van der Waals surface area contributed by atoms with Crippen molar-refractivity contribution in [3.63, 3.8) is 0 Å². The van der Waals surface area contributed by atoms with Crippen molar-refractivity contribution in [3.05, 3.63) is 28.3 Å². The number of ketones is 3. The molecule has 13 heteroatoms. The van der Waals surface area contributed by atoms with Gasteiger partial charge >= 0.3 is 12.1 Å². The standard InChI is InChI=1S/C19H18ClF3O8S/c1-9(24)31-13-5-4-12(25)15(18(13)27)17(26)10-3-6-14(32(2,28)29)11(16(10)20)7-30-8-19(21,22)23/h3,6,13,15H,4-5,7-8H2,1-2H3. The van der Waals surface area contributed by atoms with Gasteiger partial charge in [-0.05, 0) is 18.6 Å². The Labute approximate surface area is 185 Å². The minimum atomic E-state index is -4.70. The summed E-state index contributed by atoms with van der Waals surface area (Å²) in [6, 6.07) is 1.90. The van der Waals surface area contributed by atoms with Gasteiger partial charge in [-0.1, -0.05) is 11.6 Å². The van der Waals surface area contributed by atoms with Gasteiger partial charge in [-0.15, -0.1) is 0 Å². The number of halogens is 4. The molecule has 8 nitrogen and oxygen atoms in total. The van der Waals surface area contributed by atoms with Gasteiger partial charge in [0.1, 0.15) is 12.5 Å². The Hall–Kier alpha value is -2.31. The Morgan fingerprint density at radius 3 is 2.38 bits per heavy atom. The first-order valence-corrected chi connectivity index (χ1v) is 11.3. The van der Waals surface area contributed by atoms with E-state index in [1.807, 2.05) is 0 Å². The fourth-order valence-corrected chi connectivity index (χ4v) is 4.49. The van der Waals surface area contributed by atoms with Gasteiger partial charge in [0.15, 0.2) is 33.3 Å². The van der Waals surface area contributed by atoms with E-state index >= 15 is 0 Å².